The lowest BCUT2D eigenvalue weighted by molar-refractivity contribution is -0.142. The third-order valence-corrected chi connectivity index (χ3v) is 3.77. The summed E-state index contributed by atoms with van der Waals surface area (Å²) < 4.78 is 0. The molecule has 106 valence electrons. The molecule has 0 radical (unpaired) electrons. The van der Waals surface area contributed by atoms with Gasteiger partial charge in [-0.05, 0) is 25.7 Å². The quantitative estimate of drug-likeness (QED) is 0.747. The van der Waals surface area contributed by atoms with E-state index >= 15 is 0 Å². The van der Waals surface area contributed by atoms with E-state index in [4.69, 9.17) is 5.11 Å². The first-order chi connectivity index (χ1) is 9.00. The van der Waals surface area contributed by atoms with Crippen LogP contribution in [0.1, 0.15) is 32.6 Å². The maximum atomic E-state index is 12.0. The van der Waals surface area contributed by atoms with E-state index in [0.717, 1.165) is 19.3 Å². The Hall–Kier alpha value is -1.59. The number of carboxylic acid groups (broad SMARTS) is 1. The van der Waals surface area contributed by atoms with Crippen molar-refractivity contribution in [2.24, 2.45) is 11.8 Å². The lowest BCUT2D eigenvalue weighted by Gasteiger charge is -2.24. The second kappa shape index (κ2) is 5.59. The molecule has 0 spiro atoms. The Kier molecular flexibility index (Phi) is 4.07. The second-order valence-corrected chi connectivity index (χ2v) is 5.45. The monoisotopic (exact) mass is 268 g/mol. The minimum atomic E-state index is -0.933. The summed E-state index contributed by atoms with van der Waals surface area (Å²) >= 11 is 0. The van der Waals surface area contributed by atoms with Crippen molar-refractivity contribution < 1.29 is 19.5 Å². The van der Waals surface area contributed by atoms with E-state index in [0.29, 0.717) is 13.0 Å². The van der Waals surface area contributed by atoms with Crippen LogP contribution in [-0.4, -0.2) is 46.9 Å². The molecule has 1 aliphatic heterocycles. The van der Waals surface area contributed by atoms with Crippen molar-refractivity contribution in [2.45, 2.75) is 38.6 Å². The zero-order chi connectivity index (χ0) is 14.0. The number of aliphatic carboxylic acids is 1. The van der Waals surface area contributed by atoms with Gasteiger partial charge < -0.3 is 15.3 Å². The molecule has 2 rings (SSSR count). The van der Waals surface area contributed by atoms with Gasteiger partial charge in [-0.15, -0.1) is 0 Å². The topological polar surface area (TPSA) is 86.7 Å². The predicted octanol–water partition coefficient (Wildman–Crippen LogP) is 0.224. The third-order valence-electron chi connectivity index (χ3n) is 3.77. The summed E-state index contributed by atoms with van der Waals surface area (Å²) in [6.07, 6.45) is 3.37. The lowest BCUT2D eigenvalue weighted by Crippen LogP contribution is -2.47. The van der Waals surface area contributed by atoms with Crippen LogP contribution < -0.4 is 5.32 Å². The van der Waals surface area contributed by atoms with Crippen molar-refractivity contribution in [1.29, 1.82) is 0 Å². The van der Waals surface area contributed by atoms with Gasteiger partial charge in [0.1, 0.15) is 6.04 Å². The minimum Gasteiger partial charge on any atom is -0.481 e. The largest absolute Gasteiger partial charge is 0.481 e. The van der Waals surface area contributed by atoms with Crippen LogP contribution in [0.25, 0.3) is 0 Å². The minimum absolute atomic E-state index is 0.0870. The molecule has 2 N–H and O–H groups in total. The molecular formula is C13H20N2O4. The Morgan fingerprint density at radius 3 is 2.58 bits per heavy atom. The van der Waals surface area contributed by atoms with E-state index in [-0.39, 0.29) is 24.3 Å². The smallest absolute Gasteiger partial charge is 0.308 e. The van der Waals surface area contributed by atoms with Crippen LogP contribution in [0.4, 0.5) is 0 Å². The summed E-state index contributed by atoms with van der Waals surface area (Å²) in [5, 5.41) is 11.4. The van der Waals surface area contributed by atoms with Gasteiger partial charge in [-0.25, -0.2) is 0 Å². The van der Waals surface area contributed by atoms with Crippen LogP contribution in [0.15, 0.2) is 0 Å². The maximum absolute atomic E-state index is 12.0. The van der Waals surface area contributed by atoms with Gasteiger partial charge in [-0.1, -0.05) is 6.92 Å². The average molecular weight is 268 g/mol. The molecule has 2 aliphatic rings. The van der Waals surface area contributed by atoms with E-state index in [1.807, 2.05) is 0 Å². The van der Waals surface area contributed by atoms with E-state index in [9.17, 15) is 14.4 Å². The van der Waals surface area contributed by atoms with Crippen molar-refractivity contribution in [3.63, 3.8) is 0 Å². The molecule has 2 amide bonds. The van der Waals surface area contributed by atoms with Crippen LogP contribution in [0.3, 0.4) is 0 Å². The molecule has 19 heavy (non-hydrogen) atoms. The van der Waals surface area contributed by atoms with Gasteiger partial charge in [0.2, 0.25) is 11.8 Å². The fourth-order valence-electron chi connectivity index (χ4n) is 2.33. The average Bonchev–Trinajstić information content (AvgIpc) is 3.11. The Morgan fingerprint density at radius 2 is 2.00 bits per heavy atom. The maximum Gasteiger partial charge on any atom is 0.308 e. The van der Waals surface area contributed by atoms with Crippen LogP contribution in [0, 0.1) is 11.8 Å². The van der Waals surface area contributed by atoms with E-state index in [1.165, 1.54) is 0 Å². The molecule has 1 heterocycles. The normalized spacial score (nSPS) is 24.1. The van der Waals surface area contributed by atoms with Gasteiger partial charge in [0, 0.05) is 19.0 Å². The number of hydrogen-bond acceptors (Lipinski definition) is 3. The molecule has 2 atom stereocenters. The van der Waals surface area contributed by atoms with Gasteiger partial charge in [0.15, 0.2) is 0 Å². The number of hydrogen-bond donors (Lipinski definition) is 2. The summed E-state index contributed by atoms with van der Waals surface area (Å²) in [6.45, 7) is 2.29. The number of amides is 2. The van der Waals surface area contributed by atoms with Crippen molar-refractivity contribution in [3.8, 4) is 0 Å². The zero-order valence-electron chi connectivity index (χ0n) is 11.1. The highest BCUT2D eigenvalue weighted by molar-refractivity contribution is 5.90. The molecular weight excluding hydrogens is 248 g/mol. The van der Waals surface area contributed by atoms with Crippen molar-refractivity contribution in [2.75, 3.05) is 13.1 Å². The SMILES string of the molecule is CC(CNC(=O)C1CCCN1C(=O)C1CC1)C(=O)O. The number of nitrogens with one attached hydrogen (secondary N) is 1. The highest BCUT2D eigenvalue weighted by Gasteiger charge is 2.40. The van der Waals surface area contributed by atoms with Gasteiger partial charge in [0.05, 0.1) is 5.92 Å². The first-order valence-electron chi connectivity index (χ1n) is 6.81. The number of carbonyl (C=O) groups is 3. The number of carbonyl (C=O) groups excluding carboxylic acids is 2. The Labute approximate surface area is 112 Å². The molecule has 1 saturated heterocycles. The first-order valence-corrected chi connectivity index (χ1v) is 6.81. The summed E-state index contributed by atoms with van der Waals surface area (Å²) in [6, 6.07) is -0.408. The molecule has 0 aromatic heterocycles. The van der Waals surface area contributed by atoms with Gasteiger partial charge in [0.25, 0.3) is 0 Å². The number of rotatable bonds is 5. The van der Waals surface area contributed by atoms with Crippen LogP contribution in [0.5, 0.6) is 0 Å². The summed E-state index contributed by atoms with van der Waals surface area (Å²) in [7, 11) is 0. The number of nitrogens with zero attached hydrogens (tertiary/aromatic N) is 1. The van der Waals surface area contributed by atoms with E-state index < -0.39 is 17.9 Å². The van der Waals surface area contributed by atoms with Gasteiger partial charge in [-0.2, -0.15) is 0 Å². The number of likely N-dealkylation sites (tertiary alicyclic amines) is 1. The van der Waals surface area contributed by atoms with Crippen molar-refractivity contribution >= 4 is 17.8 Å². The highest BCUT2D eigenvalue weighted by atomic mass is 16.4. The lowest BCUT2D eigenvalue weighted by atomic mass is 10.1. The van der Waals surface area contributed by atoms with Gasteiger partial charge in [-0.3, -0.25) is 14.4 Å². The molecule has 1 aliphatic carbocycles. The Balaban J connectivity index is 1.86. The van der Waals surface area contributed by atoms with Crippen LogP contribution >= 0.6 is 0 Å². The van der Waals surface area contributed by atoms with E-state index in [1.54, 1.807) is 11.8 Å². The third kappa shape index (κ3) is 3.24. The Bertz CT molecular complexity index is 392. The molecule has 0 bridgehead atoms. The molecule has 6 nitrogen and oxygen atoms in total. The summed E-state index contributed by atoms with van der Waals surface area (Å²) in [5.41, 5.74) is 0. The molecule has 6 heteroatoms. The molecule has 0 aromatic carbocycles. The van der Waals surface area contributed by atoms with Crippen LogP contribution in [-0.2, 0) is 14.4 Å². The predicted molar refractivity (Wildman–Crippen MR) is 67.3 cm³/mol. The van der Waals surface area contributed by atoms with Crippen molar-refractivity contribution in [3.05, 3.63) is 0 Å². The van der Waals surface area contributed by atoms with Gasteiger partial charge >= 0.3 is 5.97 Å². The summed E-state index contributed by atoms with van der Waals surface area (Å²) in [4.78, 5) is 36.4. The fourth-order valence-corrected chi connectivity index (χ4v) is 2.33. The van der Waals surface area contributed by atoms with E-state index in [2.05, 4.69) is 5.32 Å². The summed E-state index contributed by atoms with van der Waals surface area (Å²) in [5.74, 6) is -1.56. The Morgan fingerprint density at radius 1 is 1.32 bits per heavy atom. The molecule has 2 unspecified atom stereocenters. The number of carboxylic acids is 1. The molecule has 2 fully saturated rings. The zero-order valence-corrected chi connectivity index (χ0v) is 11.1. The van der Waals surface area contributed by atoms with Crippen LogP contribution in [0.2, 0.25) is 0 Å². The highest BCUT2D eigenvalue weighted by Crippen LogP contribution is 2.33. The fraction of sp³-hybridized carbons (Fsp3) is 0.769. The van der Waals surface area contributed by atoms with Crippen molar-refractivity contribution in [1.82, 2.24) is 10.2 Å². The first kappa shape index (κ1) is 13.8. The standard InChI is InChI=1S/C13H20N2O4/c1-8(13(18)19)7-14-11(16)10-3-2-6-15(10)12(17)9-4-5-9/h8-10H,2-7H2,1H3,(H,14,16)(H,18,19). The second-order valence-electron chi connectivity index (χ2n) is 5.45. The molecule has 0 aromatic rings. The molecule has 1 saturated carbocycles.